The molecule has 3 N–H and O–H groups in total. The summed E-state index contributed by atoms with van der Waals surface area (Å²) < 4.78 is 24.5. The quantitative estimate of drug-likeness (QED) is 0.826. The van der Waals surface area contributed by atoms with Gasteiger partial charge in [-0.25, -0.2) is 9.18 Å². The second-order valence-corrected chi connectivity index (χ2v) is 4.18. The third-order valence-corrected chi connectivity index (χ3v) is 2.68. The first-order chi connectivity index (χ1) is 10.0. The summed E-state index contributed by atoms with van der Waals surface area (Å²) in [5.41, 5.74) is 5.08. The molecule has 0 saturated carbocycles. The number of hydrogen-bond acceptors (Lipinski definition) is 4. The van der Waals surface area contributed by atoms with Crippen LogP contribution in [0.25, 0.3) is 0 Å². The van der Waals surface area contributed by atoms with Gasteiger partial charge in [-0.3, -0.25) is 0 Å². The van der Waals surface area contributed by atoms with E-state index in [1.165, 1.54) is 0 Å². The highest BCUT2D eigenvalue weighted by Crippen LogP contribution is 2.30. The van der Waals surface area contributed by atoms with Gasteiger partial charge >= 0.3 is 5.97 Å². The number of aromatic carboxylic acids is 1. The number of halogens is 1. The molecule has 5 nitrogen and oxygen atoms in total. The minimum atomic E-state index is -1.25. The number of ether oxygens (including phenoxy) is 2. The van der Waals surface area contributed by atoms with Crippen molar-refractivity contribution >= 4 is 11.7 Å². The molecule has 0 atom stereocenters. The van der Waals surface area contributed by atoms with Gasteiger partial charge in [0.15, 0.2) is 11.6 Å². The Morgan fingerprint density at radius 3 is 2.67 bits per heavy atom. The molecular weight excluding hydrogens is 277 g/mol. The van der Waals surface area contributed by atoms with Crippen molar-refractivity contribution in [1.82, 2.24) is 0 Å². The zero-order chi connectivity index (χ0) is 15.4. The number of benzene rings is 2. The lowest BCUT2D eigenvalue weighted by atomic mass is 10.1. The van der Waals surface area contributed by atoms with Crippen LogP contribution in [0.3, 0.4) is 0 Å². The van der Waals surface area contributed by atoms with Gasteiger partial charge < -0.3 is 20.3 Å². The SMILES string of the molecule is CCOc1cccc(Oc2cc(C(=O)O)c(N)cc2F)c1. The third-order valence-electron chi connectivity index (χ3n) is 2.68. The van der Waals surface area contributed by atoms with Crippen molar-refractivity contribution in [2.45, 2.75) is 6.92 Å². The van der Waals surface area contributed by atoms with E-state index in [9.17, 15) is 9.18 Å². The first-order valence-electron chi connectivity index (χ1n) is 6.24. The number of carboxylic acids is 1. The Labute approximate surface area is 120 Å². The highest BCUT2D eigenvalue weighted by molar-refractivity contribution is 5.94. The fourth-order valence-electron chi connectivity index (χ4n) is 1.75. The molecule has 0 radical (unpaired) electrons. The van der Waals surface area contributed by atoms with Gasteiger partial charge in [0.05, 0.1) is 12.2 Å². The average Bonchev–Trinajstić information content (AvgIpc) is 2.42. The standard InChI is InChI=1S/C15H14FNO4/c1-2-20-9-4-3-5-10(6-9)21-14-7-11(15(18)19)13(17)8-12(14)16/h3-8H,2,17H2,1H3,(H,18,19). The van der Waals surface area contributed by atoms with Gasteiger partial charge in [0.2, 0.25) is 0 Å². The van der Waals surface area contributed by atoms with Crippen molar-refractivity contribution in [3.05, 3.63) is 47.8 Å². The summed E-state index contributed by atoms with van der Waals surface area (Å²) >= 11 is 0. The van der Waals surface area contributed by atoms with Crippen molar-refractivity contribution in [3.63, 3.8) is 0 Å². The second-order valence-electron chi connectivity index (χ2n) is 4.18. The monoisotopic (exact) mass is 291 g/mol. The van der Waals surface area contributed by atoms with E-state index in [0.29, 0.717) is 18.1 Å². The van der Waals surface area contributed by atoms with Crippen LogP contribution in [0.2, 0.25) is 0 Å². The number of nitrogens with two attached hydrogens (primary N) is 1. The largest absolute Gasteiger partial charge is 0.494 e. The molecule has 0 aliphatic rings. The van der Waals surface area contributed by atoms with Crippen LogP contribution in [0.15, 0.2) is 36.4 Å². The van der Waals surface area contributed by atoms with Crippen LogP contribution in [0.5, 0.6) is 17.2 Å². The highest BCUT2D eigenvalue weighted by Gasteiger charge is 2.15. The lowest BCUT2D eigenvalue weighted by Crippen LogP contribution is -2.04. The van der Waals surface area contributed by atoms with Crippen LogP contribution in [0.1, 0.15) is 17.3 Å². The molecule has 2 aromatic rings. The van der Waals surface area contributed by atoms with E-state index in [1.54, 1.807) is 24.3 Å². The van der Waals surface area contributed by atoms with Crippen LogP contribution in [-0.4, -0.2) is 17.7 Å². The minimum Gasteiger partial charge on any atom is -0.494 e. The molecule has 0 spiro atoms. The maximum absolute atomic E-state index is 13.8. The molecule has 2 rings (SSSR count). The second kappa shape index (κ2) is 6.13. The zero-order valence-electron chi connectivity index (χ0n) is 11.3. The van der Waals surface area contributed by atoms with Crippen LogP contribution < -0.4 is 15.2 Å². The Balaban J connectivity index is 2.33. The Bertz CT molecular complexity index is 673. The maximum atomic E-state index is 13.8. The van der Waals surface area contributed by atoms with E-state index >= 15 is 0 Å². The van der Waals surface area contributed by atoms with E-state index in [2.05, 4.69) is 0 Å². The fourth-order valence-corrected chi connectivity index (χ4v) is 1.75. The molecule has 0 unspecified atom stereocenters. The molecular formula is C15H14FNO4. The lowest BCUT2D eigenvalue weighted by molar-refractivity contribution is 0.0697. The van der Waals surface area contributed by atoms with Crippen molar-refractivity contribution < 1.29 is 23.8 Å². The highest BCUT2D eigenvalue weighted by atomic mass is 19.1. The van der Waals surface area contributed by atoms with Crippen molar-refractivity contribution in [2.75, 3.05) is 12.3 Å². The number of nitrogen functional groups attached to an aromatic ring is 1. The Kier molecular flexibility index (Phi) is 4.27. The molecule has 0 bridgehead atoms. The van der Waals surface area contributed by atoms with E-state index < -0.39 is 11.8 Å². The Hall–Kier alpha value is -2.76. The van der Waals surface area contributed by atoms with E-state index in [4.69, 9.17) is 20.3 Å². The summed E-state index contributed by atoms with van der Waals surface area (Å²) in [6.07, 6.45) is 0. The third kappa shape index (κ3) is 3.42. The van der Waals surface area contributed by atoms with Gasteiger partial charge in [-0.15, -0.1) is 0 Å². The predicted octanol–water partition coefficient (Wildman–Crippen LogP) is 3.30. The molecule has 21 heavy (non-hydrogen) atoms. The lowest BCUT2D eigenvalue weighted by Gasteiger charge is -2.10. The van der Waals surface area contributed by atoms with Crippen molar-refractivity contribution in [3.8, 4) is 17.2 Å². The number of carboxylic acid groups (broad SMARTS) is 1. The van der Waals surface area contributed by atoms with Crippen LogP contribution in [0.4, 0.5) is 10.1 Å². The van der Waals surface area contributed by atoms with E-state index in [-0.39, 0.29) is 17.0 Å². The Morgan fingerprint density at radius 1 is 1.29 bits per heavy atom. The molecule has 0 fully saturated rings. The number of anilines is 1. The van der Waals surface area contributed by atoms with E-state index in [1.807, 2.05) is 6.92 Å². The maximum Gasteiger partial charge on any atom is 0.337 e. The molecule has 2 aromatic carbocycles. The summed E-state index contributed by atoms with van der Waals surface area (Å²) in [7, 11) is 0. The van der Waals surface area contributed by atoms with Gasteiger partial charge in [-0.1, -0.05) is 6.07 Å². The average molecular weight is 291 g/mol. The van der Waals surface area contributed by atoms with Crippen LogP contribution >= 0.6 is 0 Å². The van der Waals surface area contributed by atoms with Crippen molar-refractivity contribution in [1.29, 1.82) is 0 Å². The van der Waals surface area contributed by atoms with Crippen LogP contribution in [0, 0.1) is 5.82 Å². The molecule has 0 aromatic heterocycles. The molecule has 0 amide bonds. The summed E-state index contributed by atoms with van der Waals surface area (Å²) in [4.78, 5) is 11.0. The first-order valence-corrected chi connectivity index (χ1v) is 6.24. The molecule has 6 heteroatoms. The first kappa shape index (κ1) is 14.6. The summed E-state index contributed by atoms with van der Waals surface area (Å²) in [6, 6.07) is 8.59. The zero-order valence-corrected chi connectivity index (χ0v) is 11.3. The van der Waals surface area contributed by atoms with Gasteiger partial charge in [-0.05, 0) is 19.1 Å². The molecule has 110 valence electrons. The summed E-state index contributed by atoms with van der Waals surface area (Å²) in [6.45, 7) is 2.33. The van der Waals surface area contributed by atoms with Gasteiger partial charge in [-0.2, -0.15) is 0 Å². The minimum absolute atomic E-state index is 0.157. The van der Waals surface area contributed by atoms with E-state index in [0.717, 1.165) is 12.1 Å². The fraction of sp³-hybridized carbons (Fsp3) is 0.133. The topological polar surface area (TPSA) is 81.8 Å². The molecule has 0 saturated heterocycles. The number of rotatable bonds is 5. The molecule has 0 aliphatic carbocycles. The smallest absolute Gasteiger partial charge is 0.337 e. The predicted molar refractivity (Wildman–Crippen MR) is 75.5 cm³/mol. The van der Waals surface area contributed by atoms with Crippen LogP contribution in [-0.2, 0) is 0 Å². The summed E-state index contributed by atoms with van der Waals surface area (Å²) in [5.74, 6) is -1.29. The summed E-state index contributed by atoms with van der Waals surface area (Å²) in [5, 5.41) is 8.98. The Morgan fingerprint density at radius 2 is 2.00 bits per heavy atom. The number of carbonyl (C=O) groups is 1. The van der Waals surface area contributed by atoms with Crippen molar-refractivity contribution in [2.24, 2.45) is 0 Å². The van der Waals surface area contributed by atoms with Gasteiger partial charge in [0, 0.05) is 23.9 Å². The van der Waals surface area contributed by atoms with Gasteiger partial charge in [0.1, 0.15) is 11.5 Å². The van der Waals surface area contributed by atoms with Gasteiger partial charge in [0.25, 0.3) is 0 Å². The number of hydrogen-bond donors (Lipinski definition) is 2. The molecule has 0 heterocycles. The molecule has 0 aliphatic heterocycles. The normalized spacial score (nSPS) is 10.2.